The van der Waals surface area contributed by atoms with Crippen molar-refractivity contribution in [1.82, 2.24) is 19.9 Å². The van der Waals surface area contributed by atoms with Crippen molar-refractivity contribution < 1.29 is 14.3 Å². The number of nitrogens with zero attached hydrogens (tertiary/aromatic N) is 4. The van der Waals surface area contributed by atoms with Gasteiger partial charge in [0.2, 0.25) is 0 Å². The summed E-state index contributed by atoms with van der Waals surface area (Å²) in [6, 6.07) is 8.06. The van der Waals surface area contributed by atoms with Crippen molar-refractivity contribution in [2.75, 3.05) is 13.2 Å². The second-order valence-corrected chi connectivity index (χ2v) is 7.13. The maximum atomic E-state index is 12.9. The van der Waals surface area contributed by atoms with E-state index < -0.39 is 0 Å². The fourth-order valence-corrected chi connectivity index (χ4v) is 3.35. The Morgan fingerprint density at radius 1 is 1.03 bits per heavy atom. The van der Waals surface area contributed by atoms with Crippen LogP contribution in [-0.2, 0) is 22.5 Å². The summed E-state index contributed by atoms with van der Waals surface area (Å²) < 4.78 is 5.04. The number of amides is 1. The first-order valence-corrected chi connectivity index (χ1v) is 10.3. The van der Waals surface area contributed by atoms with Crippen molar-refractivity contribution in [3.05, 3.63) is 77.6 Å². The summed E-state index contributed by atoms with van der Waals surface area (Å²) in [6.45, 7) is 7.04. The quantitative estimate of drug-likeness (QED) is 0.520. The van der Waals surface area contributed by atoms with E-state index in [2.05, 4.69) is 21.0 Å². The minimum atomic E-state index is -0.280. The molecule has 0 spiro atoms. The van der Waals surface area contributed by atoms with Crippen molar-refractivity contribution in [1.29, 1.82) is 0 Å². The number of rotatable bonds is 8. The number of carbonyl (C=O) groups is 2. The number of pyridine rings is 1. The Morgan fingerprint density at radius 2 is 1.87 bits per heavy atom. The fourth-order valence-electron chi connectivity index (χ4n) is 3.35. The first-order valence-electron chi connectivity index (χ1n) is 10.3. The first-order chi connectivity index (χ1) is 15.0. The van der Waals surface area contributed by atoms with Gasteiger partial charge in [0.25, 0.3) is 5.91 Å². The number of hydrogen-bond acceptors (Lipinski definition) is 6. The van der Waals surface area contributed by atoms with Gasteiger partial charge in [0.1, 0.15) is 5.69 Å². The van der Waals surface area contributed by atoms with Crippen LogP contribution >= 0.6 is 0 Å². The SMILES string of the molecule is CCOC(=O)Cc1cncc(-c2ccc(C)cc2CN(CC)C(=O)c2cnccn2)c1. The van der Waals surface area contributed by atoms with E-state index in [9.17, 15) is 9.59 Å². The zero-order valence-electron chi connectivity index (χ0n) is 18.0. The van der Waals surface area contributed by atoms with E-state index in [0.29, 0.717) is 25.4 Å². The first kappa shape index (κ1) is 22.1. The Labute approximate surface area is 182 Å². The van der Waals surface area contributed by atoms with Crippen LogP contribution in [0.15, 0.2) is 55.2 Å². The summed E-state index contributed by atoms with van der Waals surface area (Å²) in [5, 5.41) is 0. The second kappa shape index (κ2) is 10.4. The van der Waals surface area contributed by atoms with Crippen LogP contribution < -0.4 is 0 Å². The molecule has 3 aromatic rings. The molecule has 0 saturated carbocycles. The van der Waals surface area contributed by atoms with Crippen LogP contribution in [0.1, 0.15) is 41.0 Å². The van der Waals surface area contributed by atoms with Gasteiger partial charge in [0, 0.05) is 43.4 Å². The van der Waals surface area contributed by atoms with Gasteiger partial charge in [-0.3, -0.25) is 19.6 Å². The monoisotopic (exact) mass is 418 g/mol. The molecule has 0 saturated heterocycles. The normalized spacial score (nSPS) is 10.5. The van der Waals surface area contributed by atoms with Gasteiger partial charge in [-0.2, -0.15) is 0 Å². The number of aromatic nitrogens is 3. The van der Waals surface area contributed by atoms with Crippen molar-refractivity contribution in [2.24, 2.45) is 0 Å². The van der Waals surface area contributed by atoms with E-state index in [1.54, 1.807) is 30.4 Å². The highest BCUT2D eigenvalue weighted by atomic mass is 16.5. The molecule has 0 bridgehead atoms. The summed E-state index contributed by atoms with van der Waals surface area (Å²) in [7, 11) is 0. The molecule has 31 heavy (non-hydrogen) atoms. The largest absolute Gasteiger partial charge is 0.466 e. The summed E-state index contributed by atoms with van der Waals surface area (Å²) in [5.74, 6) is -0.449. The number of esters is 1. The number of ether oxygens (including phenoxy) is 1. The third-order valence-corrected chi connectivity index (χ3v) is 4.83. The molecule has 0 unspecified atom stereocenters. The molecule has 0 atom stereocenters. The Morgan fingerprint density at radius 3 is 2.58 bits per heavy atom. The second-order valence-electron chi connectivity index (χ2n) is 7.13. The molecular formula is C24H26N4O3. The molecule has 0 aliphatic carbocycles. The highest BCUT2D eigenvalue weighted by molar-refractivity contribution is 5.92. The number of carbonyl (C=O) groups excluding carboxylic acids is 2. The summed E-state index contributed by atoms with van der Waals surface area (Å²) in [5.41, 5.74) is 5.04. The van der Waals surface area contributed by atoms with Gasteiger partial charge in [-0.15, -0.1) is 0 Å². The van der Waals surface area contributed by atoms with Crippen LogP contribution in [0.25, 0.3) is 11.1 Å². The zero-order chi connectivity index (χ0) is 22.2. The molecule has 160 valence electrons. The lowest BCUT2D eigenvalue weighted by molar-refractivity contribution is -0.142. The van der Waals surface area contributed by atoms with E-state index in [1.165, 1.54) is 12.4 Å². The third-order valence-electron chi connectivity index (χ3n) is 4.83. The van der Waals surface area contributed by atoms with Crippen molar-refractivity contribution in [3.63, 3.8) is 0 Å². The molecule has 0 radical (unpaired) electrons. The lowest BCUT2D eigenvalue weighted by atomic mass is 9.97. The van der Waals surface area contributed by atoms with Crippen LogP contribution in [0.4, 0.5) is 0 Å². The lowest BCUT2D eigenvalue weighted by Gasteiger charge is -2.22. The third kappa shape index (κ3) is 5.72. The molecule has 0 aliphatic heterocycles. The van der Waals surface area contributed by atoms with E-state index in [4.69, 9.17) is 4.74 Å². The molecule has 2 aromatic heterocycles. The Bertz CT molecular complexity index is 1050. The number of aryl methyl sites for hydroxylation is 1. The standard InChI is InChI=1S/C24H26N4O3/c1-4-28(24(30)22-15-25-8-9-27-22)16-20-10-17(3)6-7-21(20)19-11-18(13-26-14-19)12-23(29)31-5-2/h6-11,13-15H,4-5,12,16H2,1-3H3. The van der Waals surface area contributed by atoms with Crippen molar-refractivity contribution in [3.8, 4) is 11.1 Å². The van der Waals surface area contributed by atoms with E-state index >= 15 is 0 Å². The highest BCUT2D eigenvalue weighted by Crippen LogP contribution is 2.27. The smallest absolute Gasteiger partial charge is 0.310 e. The Balaban J connectivity index is 1.90. The predicted molar refractivity (Wildman–Crippen MR) is 117 cm³/mol. The maximum absolute atomic E-state index is 12.9. The van der Waals surface area contributed by atoms with E-state index in [-0.39, 0.29) is 18.3 Å². The Hall–Kier alpha value is -3.61. The molecule has 3 rings (SSSR count). The van der Waals surface area contributed by atoms with E-state index in [1.807, 2.05) is 32.0 Å². The van der Waals surface area contributed by atoms with Gasteiger partial charge in [0.15, 0.2) is 0 Å². The molecule has 2 heterocycles. The molecule has 0 fully saturated rings. The molecule has 1 amide bonds. The van der Waals surface area contributed by atoms with Crippen molar-refractivity contribution in [2.45, 2.75) is 33.7 Å². The van der Waals surface area contributed by atoms with Crippen LogP contribution in [0, 0.1) is 6.92 Å². The molecule has 0 N–H and O–H groups in total. The van der Waals surface area contributed by atoms with Crippen LogP contribution in [0.3, 0.4) is 0 Å². The maximum Gasteiger partial charge on any atom is 0.310 e. The fraction of sp³-hybridized carbons (Fsp3) is 0.292. The van der Waals surface area contributed by atoms with Crippen molar-refractivity contribution >= 4 is 11.9 Å². The van der Waals surface area contributed by atoms with Crippen LogP contribution in [0.5, 0.6) is 0 Å². The highest BCUT2D eigenvalue weighted by Gasteiger charge is 2.18. The van der Waals surface area contributed by atoms with Gasteiger partial charge in [-0.1, -0.05) is 23.8 Å². The van der Waals surface area contributed by atoms with Crippen LogP contribution in [-0.4, -0.2) is 44.9 Å². The lowest BCUT2D eigenvalue weighted by Crippen LogP contribution is -2.31. The average Bonchev–Trinajstić information content (AvgIpc) is 2.78. The molecule has 7 nitrogen and oxygen atoms in total. The molecule has 0 aliphatic rings. The zero-order valence-corrected chi connectivity index (χ0v) is 18.0. The minimum Gasteiger partial charge on any atom is -0.466 e. The number of hydrogen-bond donors (Lipinski definition) is 0. The van der Waals surface area contributed by atoms with Gasteiger partial charge >= 0.3 is 5.97 Å². The predicted octanol–water partition coefficient (Wildman–Crippen LogP) is 3.61. The number of benzene rings is 1. The summed E-state index contributed by atoms with van der Waals surface area (Å²) in [6.07, 6.45) is 8.14. The van der Waals surface area contributed by atoms with Gasteiger partial charge in [-0.05, 0) is 43.5 Å². The van der Waals surface area contributed by atoms with Gasteiger partial charge in [0.05, 0.1) is 19.2 Å². The van der Waals surface area contributed by atoms with E-state index in [0.717, 1.165) is 27.8 Å². The van der Waals surface area contributed by atoms with Gasteiger partial charge in [-0.25, -0.2) is 4.98 Å². The topological polar surface area (TPSA) is 85.3 Å². The summed E-state index contributed by atoms with van der Waals surface area (Å²) >= 11 is 0. The Kier molecular flexibility index (Phi) is 7.43. The summed E-state index contributed by atoms with van der Waals surface area (Å²) in [4.78, 5) is 39.0. The average molecular weight is 418 g/mol. The molecular weight excluding hydrogens is 392 g/mol. The molecule has 7 heteroatoms. The minimum absolute atomic E-state index is 0.169. The van der Waals surface area contributed by atoms with Gasteiger partial charge < -0.3 is 9.64 Å². The molecule has 1 aromatic carbocycles. The van der Waals surface area contributed by atoms with Crippen LogP contribution in [0.2, 0.25) is 0 Å².